The first-order valence-corrected chi connectivity index (χ1v) is 7.02. The summed E-state index contributed by atoms with van der Waals surface area (Å²) in [4.78, 5) is 7.94. The Labute approximate surface area is 116 Å². The molecule has 4 heteroatoms. The molecule has 3 rings (SSSR count). The van der Waals surface area contributed by atoms with E-state index in [0.29, 0.717) is 5.92 Å². The molecule has 0 aromatic heterocycles. The van der Waals surface area contributed by atoms with Crippen LogP contribution in [-0.4, -0.2) is 31.1 Å². The molecule has 1 N–H and O–H groups in total. The Morgan fingerprint density at radius 2 is 2.50 bits per heavy atom. The molecule has 3 nitrogen and oxygen atoms in total. The Morgan fingerprint density at radius 3 is 3.28 bits per heavy atom. The molecule has 2 atom stereocenters. The van der Waals surface area contributed by atoms with Crippen molar-refractivity contribution >= 4 is 15.9 Å². The first-order chi connectivity index (χ1) is 8.74. The van der Waals surface area contributed by atoms with E-state index in [4.69, 9.17) is 4.84 Å². The summed E-state index contributed by atoms with van der Waals surface area (Å²) in [7, 11) is 0. The van der Waals surface area contributed by atoms with E-state index < -0.39 is 0 Å². The molecule has 0 aliphatic carbocycles. The van der Waals surface area contributed by atoms with Gasteiger partial charge in [0.05, 0.1) is 12.1 Å². The smallest absolute Gasteiger partial charge is 0.0870 e. The maximum absolute atomic E-state index is 5.52. The number of nitrogens with one attached hydrogen (secondary N) is 1. The third-order valence-electron chi connectivity index (χ3n) is 3.91. The Hall–Kier alpha value is -0.680. The Morgan fingerprint density at radius 1 is 1.61 bits per heavy atom. The third kappa shape index (κ3) is 1.93. The van der Waals surface area contributed by atoms with Crippen LogP contribution in [0.2, 0.25) is 0 Å². The van der Waals surface area contributed by atoms with Gasteiger partial charge < -0.3 is 4.84 Å². The maximum atomic E-state index is 5.52. The van der Waals surface area contributed by atoms with Gasteiger partial charge in [-0.1, -0.05) is 34.1 Å². The van der Waals surface area contributed by atoms with Crippen LogP contribution in [0.4, 0.5) is 0 Å². The zero-order valence-corrected chi connectivity index (χ0v) is 11.8. The molecule has 2 heterocycles. The Kier molecular flexibility index (Phi) is 3.28. The summed E-state index contributed by atoms with van der Waals surface area (Å²) >= 11 is 3.55. The predicted octanol–water partition coefficient (Wildman–Crippen LogP) is 2.30. The predicted molar refractivity (Wildman–Crippen MR) is 75.0 cm³/mol. The monoisotopic (exact) mass is 308 g/mol. The number of hydrogen-bond acceptors (Lipinski definition) is 3. The molecule has 0 spiro atoms. The van der Waals surface area contributed by atoms with Crippen LogP contribution >= 0.6 is 15.9 Å². The number of hydrogen-bond donors (Lipinski definition) is 1. The largest absolute Gasteiger partial charge is 0.300 e. The fraction of sp³-hybridized carbons (Fsp3) is 0.429. The van der Waals surface area contributed by atoms with Gasteiger partial charge >= 0.3 is 0 Å². The molecular formula is C14H17BrN2O. The summed E-state index contributed by atoms with van der Waals surface area (Å²) in [6, 6.07) is 8.51. The molecule has 18 heavy (non-hydrogen) atoms. The topological polar surface area (TPSA) is 24.5 Å². The Bertz CT molecular complexity index is 465. The summed E-state index contributed by atoms with van der Waals surface area (Å²) in [5, 5.41) is 0. The van der Waals surface area contributed by atoms with E-state index in [1.54, 1.807) is 0 Å². The molecule has 0 unspecified atom stereocenters. The lowest BCUT2D eigenvalue weighted by Gasteiger charge is -2.28. The van der Waals surface area contributed by atoms with Crippen LogP contribution in [0.25, 0.3) is 0 Å². The van der Waals surface area contributed by atoms with Crippen LogP contribution in [0.5, 0.6) is 0 Å². The molecule has 0 amide bonds. The van der Waals surface area contributed by atoms with Crippen molar-refractivity contribution in [3.05, 3.63) is 47.0 Å². The lowest BCUT2D eigenvalue weighted by Crippen LogP contribution is -2.43. The molecule has 2 aliphatic heterocycles. The van der Waals surface area contributed by atoms with Gasteiger partial charge in [-0.15, -0.1) is 6.58 Å². The molecule has 0 radical (unpaired) electrons. The zero-order valence-electron chi connectivity index (χ0n) is 10.2. The maximum Gasteiger partial charge on any atom is 0.0870 e. The summed E-state index contributed by atoms with van der Waals surface area (Å²) in [5.41, 5.74) is 4.50. The summed E-state index contributed by atoms with van der Waals surface area (Å²) in [5.74, 6) is 0.506. The quantitative estimate of drug-likeness (QED) is 0.867. The van der Waals surface area contributed by atoms with Crippen molar-refractivity contribution in [2.75, 3.05) is 26.2 Å². The van der Waals surface area contributed by atoms with Crippen molar-refractivity contribution < 1.29 is 4.84 Å². The average Bonchev–Trinajstić information content (AvgIpc) is 2.86. The third-order valence-corrected chi connectivity index (χ3v) is 4.41. The summed E-state index contributed by atoms with van der Waals surface area (Å²) < 4.78 is 1.11. The van der Waals surface area contributed by atoms with Crippen molar-refractivity contribution in [1.82, 2.24) is 10.4 Å². The van der Waals surface area contributed by atoms with E-state index in [0.717, 1.165) is 30.7 Å². The van der Waals surface area contributed by atoms with Gasteiger partial charge in [0.2, 0.25) is 0 Å². The number of rotatable bonds is 3. The zero-order chi connectivity index (χ0) is 12.6. The van der Waals surface area contributed by atoms with Crippen LogP contribution in [0.3, 0.4) is 0 Å². The molecule has 0 bridgehead atoms. The number of hydroxylamine groups is 1. The number of halogens is 1. The number of benzene rings is 1. The van der Waals surface area contributed by atoms with Crippen molar-refractivity contribution in [3.8, 4) is 0 Å². The molecule has 2 aliphatic rings. The second-order valence-corrected chi connectivity index (χ2v) is 5.99. The molecular weight excluding hydrogens is 292 g/mol. The van der Waals surface area contributed by atoms with Crippen LogP contribution in [-0.2, 0) is 10.4 Å². The lowest BCUT2D eigenvalue weighted by molar-refractivity contribution is 0.0489. The fourth-order valence-electron chi connectivity index (χ4n) is 3.07. The van der Waals surface area contributed by atoms with Crippen molar-refractivity contribution in [3.63, 3.8) is 0 Å². The van der Waals surface area contributed by atoms with E-state index in [9.17, 15) is 0 Å². The number of fused-ring (bicyclic) bond motifs is 1. The second kappa shape index (κ2) is 4.78. The first kappa shape index (κ1) is 12.4. The van der Waals surface area contributed by atoms with Gasteiger partial charge in [-0.25, -0.2) is 0 Å². The van der Waals surface area contributed by atoms with Gasteiger partial charge in [0.15, 0.2) is 0 Å². The van der Waals surface area contributed by atoms with Gasteiger partial charge in [0.25, 0.3) is 0 Å². The van der Waals surface area contributed by atoms with E-state index >= 15 is 0 Å². The summed E-state index contributed by atoms with van der Waals surface area (Å²) in [6.45, 7) is 7.58. The van der Waals surface area contributed by atoms with E-state index in [-0.39, 0.29) is 5.54 Å². The Balaban J connectivity index is 1.94. The normalized spacial score (nSPS) is 31.5. The highest BCUT2D eigenvalue weighted by Gasteiger charge is 2.51. The minimum atomic E-state index is -0.0627. The molecule has 1 aromatic carbocycles. The van der Waals surface area contributed by atoms with Gasteiger partial charge in [-0.3, -0.25) is 4.90 Å². The van der Waals surface area contributed by atoms with Crippen molar-refractivity contribution in [2.45, 2.75) is 5.54 Å². The first-order valence-electron chi connectivity index (χ1n) is 6.23. The highest BCUT2D eigenvalue weighted by Crippen LogP contribution is 2.41. The van der Waals surface area contributed by atoms with Crippen molar-refractivity contribution in [1.29, 1.82) is 0 Å². The average molecular weight is 309 g/mol. The van der Waals surface area contributed by atoms with E-state index in [1.807, 2.05) is 6.08 Å². The van der Waals surface area contributed by atoms with E-state index in [2.05, 4.69) is 57.2 Å². The van der Waals surface area contributed by atoms with Gasteiger partial charge in [-0.05, 0) is 17.7 Å². The minimum absolute atomic E-state index is 0.0627. The van der Waals surface area contributed by atoms with Crippen LogP contribution in [0, 0.1) is 5.92 Å². The van der Waals surface area contributed by atoms with Gasteiger partial charge in [-0.2, -0.15) is 5.48 Å². The van der Waals surface area contributed by atoms with Gasteiger partial charge in [0.1, 0.15) is 0 Å². The SMILES string of the molecule is C=CCN1C[C@@H]2CON[C@@]2(c2cccc(Br)c2)C1. The van der Waals surface area contributed by atoms with Crippen LogP contribution in [0.15, 0.2) is 41.4 Å². The number of likely N-dealkylation sites (tertiary alicyclic amines) is 1. The second-order valence-electron chi connectivity index (χ2n) is 5.07. The number of nitrogens with zero attached hydrogens (tertiary/aromatic N) is 1. The van der Waals surface area contributed by atoms with Crippen molar-refractivity contribution in [2.24, 2.45) is 5.92 Å². The molecule has 0 saturated carbocycles. The summed E-state index contributed by atoms with van der Waals surface area (Å²) in [6.07, 6.45) is 1.97. The molecule has 96 valence electrons. The van der Waals surface area contributed by atoms with Crippen LogP contribution < -0.4 is 5.48 Å². The lowest BCUT2D eigenvalue weighted by atomic mass is 9.83. The molecule has 2 fully saturated rings. The minimum Gasteiger partial charge on any atom is -0.300 e. The van der Waals surface area contributed by atoms with Crippen LogP contribution in [0.1, 0.15) is 5.56 Å². The molecule has 1 aromatic rings. The van der Waals surface area contributed by atoms with E-state index in [1.165, 1.54) is 5.56 Å². The standard InChI is InChI=1S/C14H17BrN2O/c1-2-6-17-8-12-9-18-16-14(12,10-17)11-4-3-5-13(15)7-11/h2-5,7,12,16H,1,6,8-10H2/t12-,14-/m1/s1. The highest BCUT2D eigenvalue weighted by atomic mass is 79.9. The van der Waals surface area contributed by atoms with Gasteiger partial charge in [0, 0.05) is 30.0 Å². The molecule has 2 saturated heterocycles. The fourth-order valence-corrected chi connectivity index (χ4v) is 3.47. The highest BCUT2D eigenvalue weighted by molar-refractivity contribution is 9.10.